The smallest absolute Gasteiger partial charge is 0.184 e. The predicted molar refractivity (Wildman–Crippen MR) is 92.1 cm³/mol. The van der Waals surface area contributed by atoms with Gasteiger partial charge in [-0.05, 0) is 29.8 Å². The van der Waals surface area contributed by atoms with Gasteiger partial charge in [0.2, 0.25) is 0 Å². The summed E-state index contributed by atoms with van der Waals surface area (Å²) in [4.78, 5) is 4.79. The molecule has 2 aromatic heterocycles. The zero-order chi connectivity index (χ0) is 15.8. The summed E-state index contributed by atoms with van der Waals surface area (Å²) < 4.78 is 1.59. The molecular formula is C17H14ClN5. The van der Waals surface area contributed by atoms with Gasteiger partial charge in [-0.3, -0.25) is 0 Å². The second-order valence-corrected chi connectivity index (χ2v) is 5.73. The Bertz CT molecular complexity index is 991. The van der Waals surface area contributed by atoms with Gasteiger partial charge < -0.3 is 5.32 Å². The maximum atomic E-state index is 5.95. The molecule has 0 saturated carbocycles. The Morgan fingerprint density at radius 3 is 2.61 bits per heavy atom. The molecule has 0 aliphatic rings. The molecule has 0 bridgehead atoms. The van der Waals surface area contributed by atoms with Gasteiger partial charge >= 0.3 is 0 Å². The number of hydrogen-bond donors (Lipinski definition) is 1. The number of rotatable bonds is 3. The fourth-order valence-corrected chi connectivity index (χ4v) is 2.75. The zero-order valence-electron chi connectivity index (χ0n) is 12.5. The summed E-state index contributed by atoms with van der Waals surface area (Å²) in [5.41, 5.74) is 3.67. The van der Waals surface area contributed by atoms with E-state index in [-0.39, 0.29) is 0 Å². The van der Waals surface area contributed by atoms with Gasteiger partial charge in [0.15, 0.2) is 11.5 Å². The first-order valence-electron chi connectivity index (χ1n) is 7.31. The quantitative estimate of drug-likeness (QED) is 0.626. The first kappa shape index (κ1) is 14.0. The number of benzene rings is 2. The fourth-order valence-electron chi connectivity index (χ4n) is 2.63. The van der Waals surface area contributed by atoms with E-state index in [1.165, 1.54) is 0 Å². The van der Waals surface area contributed by atoms with Gasteiger partial charge in [0.05, 0.1) is 11.2 Å². The molecule has 6 heteroatoms. The highest BCUT2D eigenvalue weighted by molar-refractivity contribution is 6.30. The minimum Gasteiger partial charge on any atom is -0.370 e. The van der Waals surface area contributed by atoms with Crippen LogP contribution in [-0.4, -0.2) is 26.9 Å². The summed E-state index contributed by atoms with van der Waals surface area (Å²) in [5.74, 6) is 0.722. The van der Waals surface area contributed by atoms with Crippen LogP contribution in [0.4, 0.5) is 5.82 Å². The number of nitrogens with zero attached hydrogens (tertiary/aromatic N) is 4. The topological polar surface area (TPSA) is 55.1 Å². The third-order valence-corrected chi connectivity index (χ3v) is 4.02. The van der Waals surface area contributed by atoms with E-state index in [4.69, 9.17) is 16.6 Å². The molecule has 0 fully saturated rings. The third kappa shape index (κ3) is 2.49. The second-order valence-electron chi connectivity index (χ2n) is 5.29. The van der Waals surface area contributed by atoms with Crippen LogP contribution in [0.5, 0.6) is 0 Å². The molecule has 0 amide bonds. The van der Waals surface area contributed by atoms with Crippen molar-refractivity contribution in [1.29, 1.82) is 0 Å². The van der Waals surface area contributed by atoms with Gasteiger partial charge in [-0.15, -0.1) is 14.8 Å². The minimum atomic E-state index is 0.677. The molecule has 0 aliphatic carbocycles. The molecular weight excluding hydrogens is 310 g/mol. The van der Waals surface area contributed by atoms with Crippen molar-refractivity contribution >= 4 is 34.0 Å². The highest BCUT2D eigenvalue weighted by atomic mass is 35.5. The van der Waals surface area contributed by atoms with Crippen LogP contribution in [0.3, 0.4) is 0 Å². The molecule has 0 saturated heterocycles. The number of hydrogen-bond acceptors (Lipinski definition) is 4. The van der Waals surface area contributed by atoms with Gasteiger partial charge in [0.1, 0.15) is 0 Å². The van der Waals surface area contributed by atoms with Gasteiger partial charge in [-0.25, -0.2) is 4.98 Å². The zero-order valence-corrected chi connectivity index (χ0v) is 13.2. The van der Waals surface area contributed by atoms with Crippen LogP contribution in [-0.2, 0) is 6.42 Å². The number of aromatic nitrogens is 4. The predicted octanol–water partition coefficient (Wildman–Crippen LogP) is 3.56. The number of nitrogens with one attached hydrogen (secondary N) is 1. The van der Waals surface area contributed by atoms with Crippen molar-refractivity contribution in [1.82, 2.24) is 19.8 Å². The SMILES string of the molecule is CNc1nn2nc3ccccc3c2nc1Cc1ccc(Cl)cc1. The van der Waals surface area contributed by atoms with E-state index < -0.39 is 0 Å². The third-order valence-electron chi connectivity index (χ3n) is 3.77. The summed E-state index contributed by atoms with van der Waals surface area (Å²) in [5, 5.41) is 13.9. The van der Waals surface area contributed by atoms with Crippen LogP contribution in [0, 0.1) is 0 Å². The van der Waals surface area contributed by atoms with Gasteiger partial charge in [0, 0.05) is 23.9 Å². The summed E-state index contributed by atoms with van der Waals surface area (Å²) >= 11 is 5.95. The fraction of sp³-hybridized carbons (Fsp3) is 0.118. The minimum absolute atomic E-state index is 0.677. The van der Waals surface area contributed by atoms with Crippen molar-refractivity contribution in [2.45, 2.75) is 6.42 Å². The average Bonchev–Trinajstić information content (AvgIpc) is 2.94. The van der Waals surface area contributed by atoms with Crippen molar-refractivity contribution in [2.75, 3.05) is 12.4 Å². The van der Waals surface area contributed by atoms with E-state index in [9.17, 15) is 0 Å². The Kier molecular flexibility index (Phi) is 3.35. The van der Waals surface area contributed by atoms with Gasteiger partial charge in [-0.1, -0.05) is 35.9 Å². The van der Waals surface area contributed by atoms with Crippen molar-refractivity contribution in [2.24, 2.45) is 0 Å². The van der Waals surface area contributed by atoms with Gasteiger partial charge in [0.25, 0.3) is 0 Å². The van der Waals surface area contributed by atoms with Crippen LogP contribution in [0.15, 0.2) is 48.5 Å². The summed E-state index contributed by atoms with van der Waals surface area (Å²) in [7, 11) is 1.84. The lowest BCUT2D eigenvalue weighted by Crippen LogP contribution is -2.08. The highest BCUT2D eigenvalue weighted by Crippen LogP contribution is 2.21. The normalized spacial score (nSPS) is 11.2. The van der Waals surface area contributed by atoms with Crippen molar-refractivity contribution in [3.63, 3.8) is 0 Å². The monoisotopic (exact) mass is 323 g/mol. The molecule has 4 rings (SSSR count). The molecule has 5 nitrogen and oxygen atoms in total. The molecule has 1 N–H and O–H groups in total. The lowest BCUT2D eigenvalue weighted by Gasteiger charge is -2.08. The lowest BCUT2D eigenvalue weighted by molar-refractivity contribution is 0.784. The molecule has 0 atom stereocenters. The van der Waals surface area contributed by atoms with Crippen LogP contribution in [0.2, 0.25) is 5.02 Å². The molecule has 2 heterocycles. The van der Waals surface area contributed by atoms with Crippen LogP contribution >= 0.6 is 11.6 Å². The molecule has 23 heavy (non-hydrogen) atoms. The first-order chi connectivity index (χ1) is 11.2. The first-order valence-corrected chi connectivity index (χ1v) is 7.69. The van der Waals surface area contributed by atoms with Crippen molar-refractivity contribution in [3.8, 4) is 0 Å². The second kappa shape index (κ2) is 5.52. The standard InChI is InChI=1S/C17H14ClN5/c1-19-16-15(10-11-6-8-12(18)9-7-11)20-17-13-4-2-3-5-14(13)21-23(17)22-16/h2-9H,10H2,1H3,(H,19,22). The van der Waals surface area contributed by atoms with Crippen LogP contribution < -0.4 is 5.32 Å². The Hall–Kier alpha value is -2.66. The summed E-state index contributed by atoms with van der Waals surface area (Å²) in [6, 6.07) is 15.7. The van der Waals surface area contributed by atoms with E-state index in [0.717, 1.165) is 38.6 Å². The van der Waals surface area contributed by atoms with E-state index in [1.807, 2.05) is 55.6 Å². The van der Waals surface area contributed by atoms with Crippen molar-refractivity contribution in [3.05, 3.63) is 64.8 Å². The molecule has 0 aliphatic heterocycles. The molecule has 0 radical (unpaired) electrons. The van der Waals surface area contributed by atoms with Crippen LogP contribution in [0.1, 0.15) is 11.3 Å². The van der Waals surface area contributed by atoms with Crippen molar-refractivity contribution < 1.29 is 0 Å². The Morgan fingerprint density at radius 2 is 1.83 bits per heavy atom. The lowest BCUT2D eigenvalue weighted by atomic mass is 10.1. The van der Waals surface area contributed by atoms with E-state index in [2.05, 4.69) is 15.5 Å². The van der Waals surface area contributed by atoms with E-state index in [1.54, 1.807) is 4.63 Å². The summed E-state index contributed by atoms with van der Waals surface area (Å²) in [6.07, 6.45) is 0.677. The molecule has 2 aromatic carbocycles. The van der Waals surface area contributed by atoms with Crippen LogP contribution in [0.25, 0.3) is 16.6 Å². The Morgan fingerprint density at radius 1 is 1.04 bits per heavy atom. The number of fused-ring (bicyclic) bond motifs is 3. The maximum Gasteiger partial charge on any atom is 0.184 e. The molecule has 0 spiro atoms. The molecule has 4 aromatic rings. The van der Waals surface area contributed by atoms with E-state index >= 15 is 0 Å². The molecule has 0 unspecified atom stereocenters. The Labute approximate surface area is 137 Å². The number of halogens is 1. The van der Waals surface area contributed by atoms with Gasteiger partial charge in [-0.2, -0.15) is 0 Å². The largest absolute Gasteiger partial charge is 0.370 e. The maximum absolute atomic E-state index is 5.95. The average molecular weight is 324 g/mol. The number of anilines is 1. The highest BCUT2D eigenvalue weighted by Gasteiger charge is 2.13. The summed E-state index contributed by atoms with van der Waals surface area (Å²) in [6.45, 7) is 0. The van der Waals surface area contributed by atoms with E-state index in [0.29, 0.717) is 6.42 Å². The molecule has 114 valence electrons. The Balaban J connectivity index is 1.86.